The minimum Gasteiger partial charge on any atom is -0.372 e. The van der Waals surface area contributed by atoms with Crippen molar-refractivity contribution in [2.75, 3.05) is 0 Å². The Kier molecular flexibility index (Phi) is 15.9. The number of hydrogen-bond donors (Lipinski definition) is 0. The van der Waals surface area contributed by atoms with Gasteiger partial charge in [-0.05, 0) is 46.1 Å². The normalized spacial score (nSPS) is 10.5. The van der Waals surface area contributed by atoms with Crippen molar-refractivity contribution >= 4 is 5.78 Å². The summed E-state index contributed by atoms with van der Waals surface area (Å²) < 4.78 is 6.03. The number of benzene rings is 2. The molecule has 0 saturated heterocycles. The Morgan fingerprint density at radius 3 is 1.78 bits per heavy atom. The third-order valence-corrected chi connectivity index (χ3v) is 4.64. The van der Waals surface area contributed by atoms with Gasteiger partial charge in [-0.25, -0.2) is 0 Å². The molecule has 0 aliphatic carbocycles. The van der Waals surface area contributed by atoms with Crippen LogP contribution in [0.3, 0.4) is 0 Å². The fourth-order valence-corrected chi connectivity index (χ4v) is 3.07. The molecule has 32 heavy (non-hydrogen) atoms. The lowest BCUT2D eigenvalue weighted by Gasteiger charge is -2.27. The maximum Gasteiger partial charge on any atom is 0.159 e. The summed E-state index contributed by atoms with van der Waals surface area (Å²) in [6, 6.07) is 14.4. The van der Waals surface area contributed by atoms with Crippen molar-refractivity contribution in [1.82, 2.24) is 0 Å². The van der Waals surface area contributed by atoms with Gasteiger partial charge in [-0.15, -0.1) is 0 Å². The van der Waals surface area contributed by atoms with Crippen LogP contribution in [0.4, 0.5) is 0 Å². The number of ether oxygens (including phenoxy) is 1. The van der Waals surface area contributed by atoms with Crippen molar-refractivity contribution in [3.8, 4) is 0 Å². The molecule has 0 fully saturated rings. The zero-order valence-corrected chi connectivity index (χ0v) is 23.3. The lowest BCUT2D eigenvalue weighted by molar-refractivity contribution is 0.101. The number of hydrogen-bond acceptors (Lipinski definition) is 2. The van der Waals surface area contributed by atoms with Crippen molar-refractivity contribution in [2.45, 2.75) is 114 Å². The highest BCUT2D eigenvalue weighted by atomic mass is 16.5. The highest BCUT2D eigenvalue weighted by molar-refractivity contribution is 5.94. The lowest BCUT2D eigenvalue weighted by Crippen LogP contribution is -2.18. The van der Waals surface area contributed by atoms with E-state index in [1.54, 1.807) is 6.92 Å². The van der Waals surface area contributed by atoms with E-state index in [0.29, 0.717) is 13.2 Å². The zero-order valence-electron chi connectivity index (χ0n) is 23.3. The van der Waals surface area contributed by atoms with E-state index in [2.05, 4.69) is 59.7 Å². The molecule has 0 bridgehead atoms. The van der Waals surface area contributed by atoms with Gasteiger partial charge in [-0.1, -0.05) is 119 Å². The van der Waals surface area contributed by atoms with E-state index in [9.17, 15) is 4.79 Å². The highest BCUT2D eigenvalue weighted by Crippen LogP contribution is 2.31. The van der Waals surface area contributed by atoms with Crippen molar-refractivity contribution in [3.63, 3.8) is 0 Å². The second kappa shape index (κ2) is 15.8. The van der Waals surface area contributed by atoms with Gasteiger partial charge in [0.1, 0.15) is 0 Å². The highest BCUT2D eigenvalue weighted by Gasteiger charge is 2.21. The Hall–Kier alpha value is -1.93. The van der Waals surface area contributed by atoms with Crippen molar-refractivity contribution in [1.29, 1.82) is 0 Å². The monoisotopic (exact) mass is 442 g/mol. The maximum atomic E-state index is 11.5. The van der Waals surface area contributed by atoms with Crippen molar-refractivity contribution in [3.05, 3.63) is 70.3 Å². The minimum atomic E-state index is 0.0731. The summed E-state index contributed by atoms with van der Waals surface area (Å²) in [5.74, 6) is 0.0831. The van der Waals surface area contributed by atoms with Crippen molar-refractivity contribution in [2.24, 2.45) is 0 Å². The van der Waals surface area contributed by atoms with Crippen LogP contribution >= 0.6 is 0 Å². The number of carbonyl (C=O) groups is 1. The molecule has 0 N–H and O–H groups in total. The van der Waals surface area contributed by atoms with Gasteiger partial charge in [0.2, 0.25) is 0 Å². The van der Waals surface area contributed by atoms with Crippen LogP contribution in [0.15, 0.2) is 42.5 Å². The lowest BCUT2D eigenvalue weighted by atomic mass is 9.79. The molecule has 0 aliphatic heterocycles. The van der Waals surface area contributed by atoms with E-state index < -0.39 is 0 Å². The van der Waals surface area contributed by atoms with E-state index in [1.165, 1.54) is 16.7 Å². The topological polar surface area (TPSA) is 26.3 Å². The van der Waals surface area contributed by atoms with Gasteiger partial charge in [-0.3, -0.25) is 4.79 Å². The molecule has 0 aromatic heterocycles. The predicted octanol–water partition coefficient (Wildman–Crippen LogP) is 9.28. The molecule has 2 heteroatoms. The van der Waals surface area contributed by atoms with Crippen LogP contribution in [0, 0.1) is 0 Å². The smallest absolute Gasteiger partial charge is 0.159 e. The summed E-state index contributed by atoms with van der Waals surface area (Å²) in [7, 11) is 0. The summed E-state index contributed by atoms with van der Waals surface area (Å²) in [5.41, 5.74) is 5.83. The van der Waals surface area contributed by atoms with Crippen molar-refractivity contribution < 1.29 is 9.53 Å². The summed E-state index contributed by atoms with van der Waals surface area (Å²) >= 11 is 0. The average molecular weight is 443 g/mol. The Balaban J connectivity index is 0. The molecule has 0 spiro atoms. The Morgan fingerprint density at radius 1 is 0.750 bits per heavy atom. The molecule has 2 aromatic carbocycles. The van der Waals surface area contributed by atoms with Gasteiger partial charge in [0.05, 0.1) is 13.2 Å². The van der Waals surface area contributed by atoms with Gasteiger partial charge < -0.3 is 4.74 Å². The molecule has 2 rings (SSSR count). The first-order valence-corrected chi connectivity index (χ1v) is 12.3. The van der Waals surface area contributed by atoms with Crippen LogP contribution in [0.5, 0.6) is 0 Å². The van der Waals surface area contributed by atoms with E-state index >= 15 is 0 Å². The molecule has 182 valence electrons. The summed E-state index contributed by atoms with van der Waals surface area (Å²) in [6.07, 6.45) is 0. The molecular weight excluding hydrogens is 392 g/mol. The molecule has 0 radical (unpaired) electrons. The van der Waals surface area contributed by atoms with Crippen LogP contribution in [0.25, 0.3) is 0 Å². The second-order valence-electron chi connectivity index (χ2n) is 9.12. The van der Waals surface area contributed by atoms with E-state index in [4.69, 9.17) is 4.74 Å². The fraction of sp³-hybridized carbons (Fsp3) is 0.567. The van der Waals surface area contributed by atoms with Gasteiger partial charge in [0, 0.05) is 5.56 Å². The van der Waals surface area contributed by atoms with Gasteiger partial charge in [0.15, 0.2) is 5.78 Å². The Morgan fingerprint density at radius 2 is 1.31 bits per heavy atom. The first-order chi connectivity index (χ1) is 15.0. The first kappa shape index (κ1) is 32.3. The average Bonchev–Trinajstić information content (AvgIpc) is 2.77. The molecule has 0 amide bonds. The summed E-state index contributed by atoms with van der Waals surface area (Å²) in [4.78, 5) is 11.5. The summed E-state index contributed by atoms with van der Waals surface area (Å²) in [5, 5.41) is 0. The number of Topliss-reactive ketones (excluding diaryl/α,β-unsaturated/α-hetero) is 1. The number of rotatable bonds is 5. The van der Waals surface area contributed by atoms with E-state index in [-0.39, 0.29) is 16.6 Å². The second-order valence-corrected chi connectivity index (χ2v) is 9.12. The van der Waals surface area contributed by atoms with Gasteiger partial charge in [-0.2, -0.15) is 0 Å². The molecule has 0 saturated carbocycles. The quantitative estimate of drug-likeness (QED) is 0.431. The largest absolute Gasteiger partial charge is 0.372 e. The molecule has 2 nitrogen and oxygen atoms in total. The third-order valence-electron chi connectivity index (χ3n) is 4.64. The summed E-state index contributed by atoms with van der Waals surface area (Å²) in [6.45, 7) is 28.1. The Labute approximate surface area is 199 Å². The minimum absolute atomic E-state index is 0.0731. The van der Waals surface area contributed by atoms with Crippen LogP contribution in [-0.4, -0.2) is 5.78 Å². The zero-order chi connectivity index (χ0) is 25.5. The van der Waals surface area contributed by atoms with Crippen LogP contribution in [0.2, 0.25) is 0 Å². The van der Waals surface area contributed by atoms with Gasteiger partial charge in [0.25, 0.3) is 0 Å². The van der Waals surface area contributed by atoms with Crippen LogP contribution in [0.1, 0.15) is 123 Å². The SMILES string of the molecule is CC.CC.CC.CC(=O)c1cccc(COCc2cc(C(C)(C)C)ccc2C(C)(C)C)c1. The van der Waals surface area contributed by atoms with Crippen LogP contribution in [-0.2, 0) is 28.8 Å². The number of carbonyl (C=O) groups excluding carboxylic acids is 1. The fourth-order valence-electron chi connectivity index (χ4n) is 3.07. The maximum absolute atomic E-state index is 11.5. The standard InChI is InChI=1S/C24H32O2.3C2H6/c1-17(25)19-10-8-9-18(13-19)15-26-16-20-14-21(23(2,3)4)11-12-22(20)24(5,6)7;3*1-2/h8-14H,15-16H2,1-7H3;3*1-2H3. The third kappa shape index (κ3) is 11.1. The van der Waals surface area contributed by atoms with E-state index in [1.807, 2.05) is 65.8 Å². The molecule has 0 aliphatic rings. The Bertz CT molecular complexity index is 774. The molecule has 0 unspecified atom stereocenters. The molecule has 0 atom stereocenters. The predicted molar refractivity (Wildman–Crippen MR) is 143 cm³/mol. The molecular formula is C30H50O2. The molecule has 2 aromatic rings. The number of ketones is 1. The van der Waals surface area contributed by atoms with Crippen LogP contribution < -0.4 is 0 Å². The van der Waals surface area contributed by atoms with E-state index in [0.717, 1.165) is 11.1 Å². The molecule has 0 heterocycles. The van der Waals surface area contributed by atoms with Gasteiger partial charge >= 0.3 is 0 Å². The first-order valence-electron chi connectivity index (χ1n) is 12.3.